The van der Waals surface area contributed by atoms with Crippen LogP contribution >= 0.6 is 0 Å². The Kier molecular flexibility index (Phi) is 6.53. The van der Waals surface area contributed by atoms with E-state index in [9.17, 15) is 14.9 Å². The van der Waals surface area contributed by atoms with Crippen molar-refractivity contribution in [3.8, 4) is 5.75 Å². The number of hydrazone groups is 1. The summed E-state index contributed by atoms with van der Waals surface area (Å²) in [5.74, 6) is -0.258. The summed E-state index contributed by atoms with van der Waals surface area (Å²) in [6.07, 6.45) is 1.55. The first-order chi connectivity index (χ1) is 14.4. The average molecular weight is 407 g/mol. The van der Waals surface area contributed by atoms with Crippen LogP contribution in [-0.4, -0.2) is 32.9 Å². The molecule has 3 aromatic rings. The summed E-state index contributed by atoms with van der Waals surface area (Å²) in [5.41, 5.74) is 4.05. The van der Waals surface area contributed by atoms with E-state index in [2.05, 4.69) is 15.6 Å². The van der Waals surface area contributed by atoms with Crippen LogP contribution in [0.5, 0.6) is 5.75 Å². The van der Waals surface area contributed by atoms with Gasteiger partial charge in [-0.1, -0.05) is 30.3 Å². The van der Waals surface area contributed by atoms with Crippen LogP contribution in [-0.2, 0) is 6.54 Å². The molecule has 154 valence electrons. The van der Waals surface area contributed by atoms with Gasteiger partial charge in [0.15, 0.2) is 5.69 Å². The second-order valence-corrected chi connectivity index (χ2v) is 6.72. The molecule has 0 radical (unpaired) electrons. The molecule has 9 nitrogen and oxygen atoms in total. The molecular formula is C21H21N5O4. The molecule has 1 amide bonds. The first kappa shape index (κ1) is 20.7. The number of hydrogen-bond donors (Lipinski definition) is 1. The third-order valence-corrected chi connectivity index (χ3v) is 3.99. The van der Waals surface area contributed by atoms with Gasteiger partial charge in [0.05, 0.1) is 30.0 Å². The highest BCUT2D eigenvalue weighted by atomic mass is 16.6. The average Bonchev–Trinajstić information content (AvgIpc) is 3.14. The molecule has 0 spiro atoms. The van der Waals surface area contributed by atoms with Gasteiger partial charge in [0.1, 0.15) is 5.75 Å². The van der Waals surface area contributed by atoms with Crippen molar-refractivity contribution in [2.45, 2.75) is 26.5 Å². The van der Waals surface area contributed by atoms with Crippen LogP contribution < -0.4 is 10.2 Å². The lowest BCUT2D eigenvalue weighted by Gasteiger charge is -2.09. The van der Waals surface area contributed by atoms with Crippen molar-refractivity contribution >= 4 is 17.9 Å². The molecule has 1 aromatic heterocycles. The van der Waals surface area contributed by atoms with E-state index in [1.54, 1.807) is 12.1 Å². The van der Waals surface area contributed by atoms with Gasteiger partial charge in [0.2, 0.25) is 0 Å². The molecule has 0 aliphatic heterocycles. The zero-order valence-corrected chi connectivity index (χ0v) is 16.6. The maximum Gasteiger partial charge on any atom is 0.390 e. The van der Waals surface area contributed by atoms with E-state index in [1.165, 1.54) is 10.9 Å². The molecule has 3 rings (SSSR count). The summed E-state index contributed by atoms with van der Waals surface area (Å²) < 4.78 is 6.86. The minimum Gasteiger partial charge on any atom is -0.491 e. The highest BCUT2D eigenvalue weighted by molar-refractivity contribution is 5.93. The van der Waals surface area contributed by atoms with Gasteiger partial charge in [-0.05, 0) is 54.2 Å². The third-order valence-electron chi connectivity index (χ3n) is 3.99. The number of nitro groups is 1. The van der Waals surface area contributed by atoms with Gasteiger partial charge in [-0.25, -0.2) is 5.43 Å². The molecule has 0 saturated carbocycles. The highest BCUT2D eigenvalue weighted by Crippen LogP contribution is 2.15. The number of rotatable bonds is 8. The molecule has 1 heterocycles. The number of ether oxygens (including phenoxy) is 1. The minimum absolute atomic E-state index is 0.0448. The molecular weight excluding hydrogens is 386 g/mol. The molecule has 30 heavy (non-hydrogen) atoms. The predicted octanol–water partition coefficient (Wildman–Crippen LogP) is 3.39. The number of carbonyl (C=O) groups is 1. The lowest BCUT2D eigenvalue weighted by molar-refractivity contribution is -0.389. The van der Waals surface area contributed by atoms with Gasteiger partial charge in [-0.3, -0.25) is 4.79 Å². The Balaban J connectivity index is 1.71. The summed E-state index contributed by atoms with van der Waals surface area (Å²) in [7, 11) is 0. The van der Waals surface area contributed by atoms with E-state index in [4.69, 9.17) is 4.74 Å². The van der Waals surface area contributed by atoms with E-state index in [0.29, 0.717) is 0 Å². The number of benzene rings is 2. The van der Waals surface area contributed by atoms with E-state index in [0.717, 1.165) is 22.9 Å². The fourth-order valence-electron chi connectivity index (χ4n) is 2.68. The first-order valence-electron chi connectivity index (χ1n) is 9.28. The summed E-state index contributed by atoms with van der Waals surface area (Å²) in [6.45, 7) is 4.11. The number of aromatic nitrogens is 2. The monoisotopic (exact) mass is 407 g/mol. The number of hydrogen-bond acceptors (Lipinski definition) is 6. The second-order valence-electron chi connectivity index (χ2n) is 6.72. The van der Waals surface area contributed by atoms with Crippen LogP contribution in [0.4, 0.5) is 5.82 Å². The van der Waals surface area contributed by atoms with Crippen molar-refractivity contribution < 1.29 is 14.5 Å². The molecule has 0 aliphatic rings. The largest absolute Gasteiger partial charge is 0.491 e. The Morgan fingerprint density at radius 1 is 1.23 bits per heavy atom. The topological polar surface area (TPSA) is 112 Å². The van der Waals surface area contributed by atoms with E-state index < -0.39 is 16.6 Å². The normalized spacial score (nSPS) is 11.0. The van der Waals surface area contributed by atoms with Crippen molar-refractivity contribution in [1.29, 1.82) is 0 Å². The lowest BCUT2D eigenvalue weighted by atomic mass is 10.2. The molecule has 0 fully saturated rings. The molecule has 0 atom stereocenters. The van der Waals surface area contributed by atoms with Gasteiger partial charge < -0.3 is 14.9 Å². The summed E-state index contributed by atoms with van der Waals surface area (Å²) in [6, 6.07) is 17.6. The van der Waals surface area contributed by atoms with Crippen molar-refractivity contribution in [1.82, 2.24) is 15.2 Å². The summed E-state index contributed by atoms with van der Waals surface area (Å²) >= 11 is 0. The minimum atomic E-state index is -0.637. The van der Waals surface area contributed by atoms with Crippen LogP contribution in [0.3, 0.4) is 0 Å². The number of carbonyl (C=O) groups excluding carboxylic acids is 1. The maximum absolute atomic E-state index is 12.5. The summed E-state index contributed by atoms with van der Waals surface area (Å²) in [4.78, 5) is 23.0. The fraction of sp³-hybridized carbons (Fsp3) is 0.190. The Bertz CT molecular complexity index is 1040. The van der Waals surface area contributed by atoms with Crippen LogP contribution in [0, 0.1) is 10.1 Å². The smallest absolute Gasteiger partial charge is 0.390 e. The number of nitrogens with zero attached hydrogens (tertiary/aromatic N) is 4. The van der Waals surface area contributed by atoms with Crippen LogP contribution in [0.1, 0.15) is 35.5 Å². The van der Waals surface area contributed by atoms with Crippen LogP contribution in [0.25, 0.3) is 0 Å². The van der Waals surface area contributed by atoms with Crippen molar-refractivity contribution in [3.63, 3.8) is 0 Å². The second kappa shape index (κ2) is 9.46. The molecule has 2 aromatic carbocycles. The fourth-order valence-corrected chi connectivity index (χ4v) is 2.68. The van der Waals surface area contributed by atoms with E-state index >= 15 is 0 Å². The molecule has 0 unspecified atom stereocenters. The van der Waals surface area contributed by atoms with Crippen molar-refractivity contribution in [3.05, 3.63) is 87.6 Å². The molecule has 1 N–H and O–H groups in total. The van der Waals surface area contributed by atoms with E-state index in [-0.39, 0.29) is 18.3 Å². The standard InChI is InChI=1S/C21H21N5O4/c1-15(2)30-18-10-8-16(9-11-18)13-22-23-21(27)19-12-20(26(28)29)24-25(19)14-17-6-4-3-5-7-17/h3-13,15H,14H2,1-2H3,(H,23,27)/b22-13+. The summed E-state index contributed by atoms with van der Waals surface area (Å²) in [5, 5.41) is 18.9. The molecule has 0 aliphatic carbocycles. The Morgan fingerprint density at radius 2 is 1.93 bits per heavy atom. The molecule has 0 saturated heterocycles. The Morgan fingerprint density at radius 3 is 2.57 bits per heavy atom. The van der Waals surface area contributed by atoms with Crippen LogP contribution in [0.15, 0.2) is 65.8 Å². The van der Waals surface area contributed by atoms with E-state index in [1.807, 2.05) is 56.3 Å². The van der Waals surface area contributed by atoms with Gasteiger partial charge in [-0.2, -0.15) is 9.78 Å². The Labute approximate surface area is 173 Å². The zero-order valence-electron chi connectivity index (χ0n) is 16.6. The highest BCUT2D eigenvalue weighted by Gasteiger charge is 2.23. The third kappa shape index (κ3) is 5.51. The van der Waals surface area contributed by atoms with Crippen molar-refractivity contribution in [2.24, 2.45) is 5.10 Å². The Hall–Kier alpha value is -4.01. The van der Waals surface area contributed by atoms with Gasteiger partial charge in [0.25, 0.3) is 5.91 Å². The molecule has 0 bridgehead atoms. The van der Waals surface area contributed by atoms with Crippen molar-refractivity contribution in [2.75, 3.05) is 0 Å². The quantitative estimate of drug-likeness (QED) is 0.349. The van der Waals surface area contributed by atoms with Gasteiger partial charge in [0, 0.05) is 0 Å². The number of nitrogens with one attached hydrogen (secondary N) is 1. The lowest BCUT2D eigenvalue weighted by Crippen LogP contribution is -2.22. The molecule has 9 heteroatoms. The zero-order chi connectivity index (χ0) is 21.5. The maximum atomic E-state index is 12.5. The van der Waals surface area contributed by atoms with Gasteiger partial charge in [-0.15, -0.1) is 0 Å². The first-order valence-corrected chi connectivity index (χ1v) is 9.28. The van der Waals surface area contributed by atoms with Gasteiger partial charge >= 0.3 is 5.82 Å². The number of amides is 1. The predicted molar refractivity (Wildman–Crippen MR) is 112 cm³/mol. The SMILES string of the molecule is CC(C)Oc1ccc(/C=N/NC(=O)c2cc([N+](=O)[O-])nn2Cc2ccccc2)cc1. The van der Waals surface area contributed by atoms with Crippen LogP contribution in [0.2, 0.25) is 0 Å².